The molecule has 3 aromatic carbocycles. The molecule has 1 aliphatic rings. The van der Waals surface area contributed by atoms with E-state index in [0.29, 0.717) is 5.92 Å². The Labute approximate surface area is 215 Å². The van der Waals surface area contributed by atoms with Crippen molar-refractivity contribution in [1.82, 2.24) is 4.98 Å². The van der Waals surface area contributed by atoms with Crippen LogP contribution in [0.15, 0.2) is 59.5 Å². The zero-order valence-electron chi connectivity index (χ0n) is 22.3. The van der Waals surface area contributed by atoms with Gasteiger partial charge in [-0.2, -0.15) is 0 Å². The van der Waals surface area contributed by atoms with Gasteiger partial charge in [-0.3, -0.25) is 4.98 Å². The molecule has 0 radical (unpaired) electrons. The van der Waals surface area contributed by atoms with Crippen LogP contribution in [0, 0.1) is 19.8 Å². The third-order valence-corrected chi connectivity index (χ3v) is 8.25. The summed E-state index contributed by atoms with van der Waals surface area (Å²) in [6, 6.07) is 20.7. The number of nitrogens with zero attached hydrogens (tertiary/aromatic N) is 1. The Balaban J connectivity index is 1.72. The summed E-state index contributed by atoms with van der Waals surface area (Å²) < 4.78 is 0. The molecule has 0 bridgehead atoms. The van der Waals surface area contributed by atoms with Crippen molar-refractivity contribution in [3.8, 4) is 22.4 Å². The van der Waals surface area contributed by atoms with E-state index in [2.05, 4.69) is 103 Å². The fraction of sp³-hybridized carbons (Fsp3) is 0.364. The first-order valence-corrected chi connectivity index (χ1v) is 13.9. The number of aromatic nitrogens is 1. The average Bonchev–Trinajstić information content (AvgIpc) is 3.25. The normalized spacial score (nSPS) is 13.6. The molecule has 0 spiro atoms. The lowest BCUT2D eigenvalue weighted by molar-refractivity contribution is 0.596. The van der Waals surface area contributed by atoms with Gasteiger partial charge < -0.3 is 0 Å². The number of rotatable bonds is 4. The molecule has 5 rings (SSSR count). The Morgan fingerprint density at radius 3 is 2.34 bits per heavy atom. The zero-order chi connectivity index (χ0) is 24.9. The predicted octanol–water partition coefficient (Wildman–Crippen LogP) is 9.33. The van der Waals surface area contributed by atoms with Gasteiger partial charge in [0.1, 0.15) is 0 Å². The number of pyridine rings is 1. The number of hydrogen-bond donors (Lipinski definition) is 0. The van der Waals surface area contributed by atoms with Gasteiger partial charge in [0.05, 0.1) is 11.4 Å². The first-order valence-electron chi connectivity index (χ1n) is 12.9. The molecule has 0 saturated heterocycles. The van der Waals surface area contributed by atoms with E-state index < -0.39 is 0 Å². The van der Waals surface area contributed by atoms with Gasteiger partial charge in [-0.1, -0.05) is 71.0 Å². The summed E-state index contributed by atoms with van der Waals surface area (Å²) in [5.41, 5.74) is 12.0. The van der Waals surface area contributed by atoms with Gasteiger partial charge >= 0.3 is 0 Å². The van der Waals surface area contributed by atoms with Crippen molar-refractivity contribution in [2.45, 2.75) is 71.6 Å². The van der Waals surface area contributed by atoms with Gasteiger partial charge in [0, 0.05) is 22.6 Å². The molecule has 0 N–H and O–H groups in total. The quantitative estimate of drug-likeness (QED) is 0.289. The highest BCUT2D eigenvalue weighted by molar-refractivity contribution is 7.99. The van der Waals surface area contributed by atoms with Crippen LogP contribution in [-0.2, 0) is 18.3 Å². The first-order chi connectivity index (χ1) is 16.6. The van der Waals surface area contributed by atoms with Crippen LogP contribution in [0.25, 0.3) is 33.2 Å². The fourth-order valence-corrected chi connectivity index (χ4v) is 6.78. The number of fused-ring (bicyclic) bond motifs is 2. The molecular formula is C33H37NS. The Hall–Kier alpha value is -2.58. The van der Waals surface area contributed by atoms with Crippen molar-refractivity contribution in [2.24, 2.45) is 5.92 Å². The van der Waals surface area contributed by atoms with Gasteiger partial charge in [-0.05, 0) is 94.0 Å². The topological polar surface area (TPSA) is 12.9 Å². The summed E-state index contributed by atoms with van der Waals surface area (Å²) in [5, 5.41) is 2.63. The zero-order valence-corrected chi connectivity index (χ0v) is 23.1. The molecule has 0 unspecified atom stereocenters. The smallest absolute Gasteiger partial charge is 0.0712 e. The Bertz CT molecular complexity index is 1400. The molecule has 35 heavy (non-hydrogen) atoms. The van der Waals surface area contributed by atoms with E-state index in [4.69, 9.17) is 4.98 Å². The minimum atomic E-state index is 0.0600. The van der Waals surface area contributed by atoms with Crippen molar-refractivity contribution in [3.63, 3.8) is 0 Å². The summed E-state index contributed by atoms with van der Waals surface area (Å²) >= 11 is 1.97. The summed E-state index contributed by atoms with van der Waals surface area (Å²) in [4.78, 5) is 6.62. The van der Waals surface area contributed by atoms with Gasteiger partial charge in [0.25, 0.3) is 0 Å². The summed E-state index contributed by atoms with van der Waals surface area (Å²) in [7, 11) is 0. The maximum Gasteiger partial charge on any atom is 0.0712 e. The van der Waals surface area contributed by atoms with Gasteiger partial charge in [0.2, 0.25) is 0 Å². The lowest BCUT2D eigenvalue weighted by Gasteiger charge is -2.23. The van der Waals surface area contributed by atoms with Crippen molar-refractivity contribution >= 4 is 22.5 Å². The standard InChI is InChI=1S/C33H37NS/c1-20(2)14-23-15-21(3)31(22(4)16-23)27-19-30(34-29-12-13-35-32(27)29)25-17-24-10-8-9-11-26(24)28(18-25)33(5,6)7/h8-11,15-20H,12-14H2,1-7H3. The number of hydrogen-bond acceptors (Lipinski definition) is 2. The van der Waals surface area contributed by atoms with Crippen molar-refractivity contribution in [1.29, 1.82) is 0 Å². The highest BCUT2D eigenvalue weighted by atomic mass is 32.2. The molecule has 0 amide bonds. The lowest BCUT2D eigenvalue weighted by Crippen LogP contribution is -2.12. The van der Waals surface area contributed by atoms with Gasteiger partial charge in [-0.15, -0.1) is 11.8 Å². The van der Waals surface area contributed by atoms with E-state index in [0.717, 1.165) is 24.3 Å². The fourth-order valence-electron chi connectivity index (χ4n) is 5.65. The average molecular weight is 480 g/mol. The predicted molar refractivity (Wildman–Crippen MR) is 154 cm³/mol. The summed E-state index contributed by atoms with van der Waals surface area (Å²) in [6.07, 6.45) is 2.17. The molecule has 2 heteroatoms. The van der Waals surface area contributed by atoms with E-state index >= 15 is 0 Å². The van der Waals surface area contributed by atoms with Crippen molar-refractivity contribution < 1.29 is 0 Å². The molecule has 1 nitrogen and oxygen atoms in total. The Morgan fingerprint density at radius 2 is 1.66 bits per heavy atom. The van der Waals surface area contributed by atoms with Crippen LogP contribution >= 0.6 is 11.8 Å². The molecule has 0 aliphatic carbocycles. The highest BCUT2D eigenvalue weighted by Crippen LogP contribution is 2.44. The second kappa shape index (κ2) is 9.13. The molecule has 180 valence electrons. The van der Waals surface area contributed by atoms with E-state index in [1.165, 1.54) is 60.3 Å². The van der Waals surface area contributed by atoms with Crippen LogP contribution in [-0.4, -0.2) is 10.7 Å². The van der Waals surface area contributed by atoms with Crippen LogP contribution in [0.5, 0.6) is 0 Å². The SMILES string of the molecule is Cc1cc(CC(C)C)cc(C)c1-c1cc(-c2cc(C(C)(C)C)c3ccccc3c2)nc2c1SCC2. The van der Waals surface area contributed by atoms with E-state index in [9.17, 15) is 0 Å². The number of aryl methyl sites for hydroxylation is 3. The molecule has 4 aromatic rings. The second-order valence-corrected chi connectivity index (χ2v) is 12.7. The summed E-state index contributed by atoms with van der Waals surface area (Å²) in [5.74, 6) is 1.78. The van der Waals surface area contributed by atoms with Crippen LogP contribution in [0.3, 0.4) is 0 Å². The van der Waals surface area contributed by atoms with E-state index in [-0.39, 0.29) is 5.41 Å². The molecule has 0 saturated carbocycles. The van der Waals surface area contributed by atoms with E-state index in [1.54, 1.807) is 0 Å². The first kappa shape index (κ1) is 24.1. The van der Waals surface area contributed by atoms with Crippen LogP contribution in [0.2, 0.25) is 0 Å². The van der Waals surface area contributed by atoms with E-state index in [1.807, 2.05) is 11.8 Å². The third-order valence-electron chi connectivity index (χ3n) is 7.10. The minimum absolute atomic E-state index is 0.0600. The minimum Gasteiger partial charge on any atom is -0.252 e. The van der Waals surface area contributed by atoms with Crippen molar-refractivity contribution in [3.05, 3.63) is 82.5 Å². The number of thioether (sulfide) groups is 1. The van der Waals surface area contributed by atoms with Crippen LogP contribution in [0.1, 0.15) is 62.6 Å². The summed E-state index contributed by atoms with van der Waals surface area (Å²) in [6.45, 7) is 16.1. The highest BCUT2D eigenvalue weighted by Gasteiger charge is 2.24. The lowest BCUT2D eigenvalue weighted by atomic mass is 9.82. The molecule has 1 aromatic heterocycles. The Morgan fingerprint density at radius 1 is 0.943 bits per heavy atom. The molecule has 2 heterocycles. The monoisotopic (exact) mass is 479 g/mol. The largest absolute Gasteiger partial charge is 0.252 e. The van der Waals surface area contributed by atoms with Crippen LogP contribution < -0.4 is 0 Å². The molecular weight excluding hydrogens is 442 g/mol. The second-order valence-electron chi connectivity index (χ2n) is 11.6. The van der Waals surface area contributed by atoms with Gasteiger partial charge in [0.15, 0.2) is 0 Å². The maximum atomic E-state index is 5.24. The molecule has 0 atom stereocenters. The molecule has 0 fully saturated rings. The Kier molecular flexibility index (Phi) is 6.30. The maximum absolute atomic E-state index is 5.24. The third kappa shape index (κ3) is 4.66. The van der Waals surface area contributed by atoms with Crippen molar-refractivity contribution in [2.75, 3.05) is 5.75 Å². The number of benzene rings is 3. The van der Waals surface area contributed by atoms with Crippen LogP contribution in [0.4, 0.5) is 0 Å². The van der Waals surface area contributed by atoms with Gasteiger partial charge in [-0.25, -0.2) is 0 Å². The molecule has 1 aliphatic heterocycles.